The van der Waals surface area contributed by atoms with Gasteiger partial charge in [0.15, 0.2) is 0 Å². The van der Waals surface area contributed by atoms with Crippen LogP contribution in [-0.4, -0.2) is 17.1 Å². The average Bonchev–Trinajstić information content (AvgIpc) is 2.24. The summed E-state index contributed by atoms with van der Waals surface area (Å²) in [6, 6.07) is 6.86. The molecule has 4 nitrogen and oxygen atoms in total. The predicted octanol–water partition coefficient (Wildman–Crippen LogP) is 2.49. The van der Waals surface area contributed by atoms with Crippen molar-refractivity contribution in [3.63, 3.8) is 0 Å². The van der Waals surface area contributed by atoms with Crippen LogP contribution in [0.5, 0.6) is 0 Å². The summed E-state index contributed by atoms with van der Waals surface area (Å²) in [6.45, 7) is 0. The van der Waals surface area contributed by atoms with Crippen molar-refractivity contribution in [2.45, 2.75) is 18.9 Å². The van der Waals surface area contributed by atoms with Gasteiger partial charge in [-0.25, -0.2) is 0 Å². The van der Waals surface area contributed by atoms with Gasteiger partial charge >= 0.3 is 5.97 Å². The molecule has 1 aliphatic carbocycles. The first-order valence-corrected chi connectivity index (χ1v) is 5.68. The second-order valence-corrected chi connectivity index (χ2v) is 4.49. The van der Waals surface area contributed by atoms with Crippen molar-refractivity contribution in [1.82, 2.24) is 0 Å². The molecule has 2 rings (SSSR count). The van der Waals surface area contributed by atoms with Gasteiger partial charge in [0, 0.05) is 6.04 Å². The minimum atomic E-state index is -0.779. The summed E-state index contributed by atoms with van der Waals surface area (Å²) in [4.78, 5) is 10.9. The molecule has 0 radical (unpaired) electrons. The van der Waals surface area contributed by atoms with Crippen molar-refractivity contribution in [3.05, 3.63) is 28.8 Å². The first-order chi connectivity index (χ1) is 8.11. The highest BCUT2D eigenvalue weighted by atomic mass is 35.5. The second-order valence-electron chi connectivity index (χ2n) is 4.08. The molecule has 0 amide bonds. The number of hydrogen-bond donors (Lipinski definition) is 2. The van der Waals surface area contributed by atoms with E-state index >= 15 is 0 Å². The van der Waals surface area contributed by atoms with Crippen molar-refractivity contribution in [1.29, 1.82) is 5.26 Å². The van der Waals surface area contributed by atoms with E-state index in [0.29, 0.717) is 22.7 Å². The molecule has 1 aliphatic rings. The molecule has 2 unspecified atom stereocenters. The lowest BCUT2D eigenvalue weighted by Gasteiger charge is -2.34. The fourth-order valence-corrected chi connectivity index (χ4v) is 2.10. The third kappa shape index (κ3) is 2.34. The van der Waals surface area contributed by atoms with E-state index in [2.05, 4.69) is 5.32 Å². The Morgan fingerprint density at radius 2 is 2.29 bits per heavy atom. The van der Waals surface area contributed by atoms with E-state index in [1.807, 2.05) is 6.07 Å². The van der Waals surface area contributed by atoms with Gasteiger partial charge in [0.05, 0.1) is 28.3 Å². The third-order valence-electron chi connectivity index (χ3n) is 3.03. The Kier molecular flexibility index (Phi) is 3.21. The molecule has 0 spiro atoms. The minimum Gasteiger partial charge on any atom is -0.481 e. The molecule has 0 saturated heterocycles. The highest BCUT2D eigenvalue weighted by Crippen LogP contribution is 2.33. The van der Waals surface area contributed by atoms with E-state index < -0.39 is 5.97 Å². The summed E-state index contributed by atoms with van der Waals surface area (Å²) >= 11 is 6.00. The second kappa shape index (κ2) is 4.64. The van der Waals surface area contributed by atoms with Gasteiger partial charge < -0.3 is 10.4 Å². The fraction of sp³-hybridized carbons (Fsp3) is 0.333. The summed E-state index contributed by atoms with van der Waals surface area (Å²) in [5, 5.41) is 21.2. The number of rotatable bonds is 3. The molecule has 88 valence electrons. The normalized spacial score (nSPS) is 22.4. The van der Waals surface area contributed by atoms with Crippen molar-refractivity contribution in [2.75, 3.05) is 5.32 Å². The van der Waals surface area contributed by atoms with Crippen LogP contribution in [0.25, 0.3) is 0 Å². The van der Waals surface area contributed by atoms with Gasteiger partial charge in [0.2, 0.25) is 0 Å². The maximum Gasteiger partial charge on any atom is 0.308 e. The Morgan fingerprint density at radius 1 is 1.53 bits per heavy atom. The van der Waals surface area contributed by atoms with Gasteiger partial charge in [-0.2, -0.15) is 5.26 Å². The van der Waals surface area contributed by atoms with Crippen LogP contribution in [0.4, 0.5) is 5.69 Å². The lowest BCUT2D eigenvalue weighted by molar-refractivity contribution is -0.144. The zero-order chi connectivity index (χ0) is 12.4. The number of nitrogens with zero attached hydrogens (tertiary/aromatic N) is 1. The predicted molar refractivity (Wildman–Crippen MR) is 63.9 cm³/mol. The van der Waals surface area contributed by atoms with Crippen LogP contribution < -0.4 is 5.32 Å². The van der Waals surface area contributed by atoms with Gasteiger partial charge in [-0.15, -0.1) is 0 Å². The number of anilines is 1. The number of nitriles is 1. The Labute approximate surface area is 104 Å². The Balaban J connectivity index is 2.10. The summed E-state index contributed by atoms with van der Waals surface area (Å²) < 4.78 is 0. The zero-order valence-electron chi connectivity index (χ0n) is 8.98. The van der Waals surface area contributed by atoms with Crippen LogP contribution in [0.2, 0.25) is 5.02 Å². The molecule has 0 aromatic heterocycles. The number of halogens is 1. The van der Waals surface area contributed by atoms with E-state index in [0.717, 1.165) is 6.42 Å². The topological polar surface area (TPSA) is 73.1 Å². The highest BCUT2D eigenvalue weighted by molar-refractivity contribution is 6.33. The lowest BCUT2D eigenvalue weighted by atomic mass is 9.79. The smallest absolute Gasteiger partial charge is 0.308 e. The van der Waals surface area contributed by atoms with Crippen molar-refractivity contribution >= 4 is 23.3 Å². The third-order valence-corrected chi connectivity index (χ3v) is 3.34. The number of hydrogen-bond acceptors (Lipinski definition) is 3. The van der Waals surface area contributed by atoms with Crippen LogP contribution >= 0.6 is 11.6 Å². The Hall–Kier alpha value is -1.73. The lowest BCUT2D eigenvalue weighted by Crippen LogP contribution is -2.43. The van der Waals surface area contributed by atoms with Gasteiger partial charge in [0.25, 0.3) is 0 Å². The van der Waals surface area contributed by atoms with E-state index in [-0.39, 0.29) is 12.0 Å². The molecule has 5 heteroatoms. The van der Waals surface area contributed by atoms with Crippen LogP contribution in [0.15, 0.2) is 18.2 Å². The maximum atomic E-state index is 10.9. The number of benzene rings is 1. The number of carboxylic acid groups (broad SMARTS) is 1. The summed E-state index contributed by atoms with van der Waals surface area (Å²) in [6.07, 6.45) is 1.52. The quantitative estimate of drug-likeness (QED) is 0.864. The van der Waals surface area contributed by atoms with E-state index in [1.165, 1.54) is 0 Å². The molecule has 0 bridgehead atoms. The van der Waals surface area contributed by atoms with Crippen LogP contribution in [-0.2, 0) is 4.79 Å². The molecule has 0 heterocycles. The van der Waals surface area contributed by atoms with Gasteiger partial charge in [-0.1, -0.05) is 11.6 Å². The Morgan fingerprint density at radius 3 is 2.76 bits per heavy atom. The molecule has 1 saturated carbocycles. The van der Waals surface area contributed by atoms with Gasteiger partial charge in [-0.05, 0) is 31.0 Å². The SMILES string of the molecule is N#Cc1ccc(NC2CCC2C(=O)O)c(Cl)c1. The monoisotopic (exact) mass is 250 g/mol. The van der Waals surface area contributed by atoms with Gasteiger partial charge in [-0.3, -0.25) is 4.79 Å². The summed E-state index contributed by atoms with van der Waals surface area (Å²) in [7, 11) is 0. The first kappa shape index (κ1) is 11.7. The maximum absolute atomic E-state index is 10.9. The van der Waals surface area contributed by atoms with Crippen molar-refractivity contribution in [3.8, 4) is 6.07 Å². The number of carbonyl (C=O) groups is 1. The fourth-order valence-electron chi connectivity index (χ4n) is 1.87. The van der Waals surface area contributed by atoms with E-state index in [1.54, 1.807) is 18.2 Å². The van der Waals surface area contributed by atoms with Crippen LogP contribution in [0.3, 0.4) is 0 Å². The average molecular weight is 251 g/mol. The minimum absolute atomic E-state index is 0.0714. The summed E-state index contributed by atoms with van der Waals surface area (Å²) in [5.41, 5.74) is 1.17. The molecule has 1 aromatic rings. The van der Waals surface area contributed by atoms with Crippen LogP contribution in [0, 0.1) is 17.2 Å². The molecule has 17 heavy (non-hydrogen) atoms. The molecule has 2 N–H and O–H groups in total. The number of aliphatic carboxylic acids is 1. The van der Waals surface area contributed by atoms with E-state index in [9.17, 15) is 4.79 Å². The van der Waals surface area contributed by atoms with Gasteiger partial charge in [0.1, 0.15) is 0 Å². The zero-order valence-corrected chi connectivity index (χ0v) is 9.74. The number of carboxylic acids is 1. The largest absolute Gasteiger partial charge is 0.481 e. The molecule has 0 aliphatic heterocycles. The van der Waals surface area contributed by atoms with Crippen molar-refractivity contribution in [2.24, 2.45) is 5.92 Å². The molecule has 2 atom stereocenters. The highest BCUT2D eigenvalue weighted by Gasteiger charge is 2.36. The standard InChI is InChI=1S/C12H11ClN2O2/c13-9-5-7(6-14)1-3-11(9)15-10-4-2-8(10)12(16)17/h1,3,5,8,10,15H,2,4H2,(H,16,17). The van der Waals surface area contributed by atoms with E-state index in [4.69, 9.17) is 22.0 Å². The first-order valence-electron chi connectivity index (χ1n) is 5.31. The number of nitrogens with one attached hydrogen (secondary N) is 1. The molecule has 1 aromatic carbocycles. The molecule has 1 fully saturated rings. The summed E-state index contributed by atoms with van der Waals surface area (Å²) in [5.74, 6) is -1.12. The Bertz CT molecular complexity index is 496. The molecular formula is C12H11ClN2O2. The van der Waals surface area contributed by atoms with Crippen molar-refractivity contribution < 1.29 is 9.90 Å². The van der Waals surface area contributed by atoms with Crippen LogP contribution in [0.1, 0.15) is 18.4 Å². The molecular weight excluding hydrogens is 240 g/mol.